The lowest BCUT2D eigenvalue weighted by atomic mass is 9.92. The van der Waals surface area contributed by atoms with Crippen molar-refractivity contribution in [3.8, 4) is 0 Å². The fraction of sp³-hybridized carbons (Fsp3) is 0.900. The van der Waals surface area contributed by atoms with E-state index in [1.807, 2.05) is 13.8 Å². The molecule has 0 spiro atoms. The van der Waals surface area contributed by atoms with Crippen LogP contribution in [0, 0.1) is 11.8 Å². The Morgan fingerprint density at radius 2 is 1.40 bits per heavy atom. The van der Waals surface area contributed by atoms with Crippen molar-refractivity contribution in [2.75, 3.05) is 39.4 Å². The van der Waals surface area contributed by atoms with Crippen molar-refractivity contribution in [3.63, 3.8) is 0 Å². The number of nitrogens with zero attached hydrogens (tertiary/aromatic N) is 1. The lowest BCUT2D eigenvalue weighted by Gasteiger charge is -2.32. The Bertz CT molecular complexity index is 441. The number of aliphatic hydroxyl groups is 2. The van der Waals surface area contributed by atoms with Gasteiger partial charge in [0.25, 0.3) is 0 Å². The van der Waals surface area contributed by atoms with Gasteiger partial charge in [0.2, 0.25) is 0 Å². The summed E-state index contributed by atoms with van der Waals surface area (Å²) in [6.07, 6.45) is 3.42. The topological polar surface area (TPSA) is 108 Å². The normalized spacial score (nSPS) is 19.0. The Kier molecular flexibility index (Phi) is 19.8. The standard InChI is InChI=1S/C10H19NO3.C7H15NO.C3H5ClO2.ClH/c1-3-14-10(13)11-6-4-9(5-7-11)8(2)12;1-6(9)7-2-4-8-5-3-7;1-2-6-3(4)5;/h8-9,12H,3-7H2,1-2H3;6-9H,2-5H2,1H3;2H2,1H3;1H. The van der Waals surface area contributed by atoms with Crippen LogP contribution in [-0.2, 0) is 9.47 Å². The Balaban J connectivity index is 0. The molecule has 8 nitrogen and oxygen atoms in total. The number of ether oxygens (including phenoxy) is 2. The Morgan fingerprint density at radius 1 is 0.967 bits per heavy atom. The summed E-state index contributed by atoms with van der Waals surface area (Å²) < 4.78 is 9.07. The fourth-order valence-electron chi connectivity index (χ4n) is 3.22. The average Bonchev–Trinajstić information content (AvgIpc) is 2.70. The van der Waals surface area contributed by atoms with E-state index in [-0.39, 0.29) is 30.7 Å². The fourth-order valence-corrected chi connectivity index (χ4v) is 3.33. The number of carbonyl (C=O) groups is 2. The molecular formula is C20H40Cl2N2O6. The maximum Gasteiger partial charge on any atom is 0.409 e. The SMILES string of the molecule is CC(O)C1CCNCC1.CCOC(=O)Cl.CCOC(=O)N1CCC(C(C)O)CC1.Cl. The molecule has 180 valence electrons. The molecule has 0 aliphatic carbocycles. The molecule has 2 heterocycles. The maximum atomic E-state index is 11.3. The van der Waals surface area contributed by atoms with E-state index in [2.05, 4.69) is 10.1 Å². The molecule has 0 bridgehead atoms. The summed E-state index contributed by atoms with van der Waals surface area (Å²) in [5.74, 6) is 0.881. The highest BCUT2D eigenvalue weighted by Crippen LogP contribution is 2.20. The first kappa shape index (κ1) is 31.4. The number of piperidine rings is 2. The molecule has 0 saturated carbocycles. The molecule has 2 rings (SSSR count). The van der Waals surface area contributed by atoms with Gasteiger partial charge in [0, 0.05) is 24.7 Å². The first-order valence-corrected chi connectivity index (χ1v) is 10.9. The summed E-state index contributed by atoms with van der Waals surface area (Å²) >= 11 is 4.72. The van der Waals surface area contributed by atoms with Crippen molar-refractivity contribution in [1.82, 2.24) is 10.2 Å². The summed E-state index contributed by atoms with van der Waals surface area (Å²) in [4.78, 5) is 22.6. The molecule has 10 heteroatoms. The molecule has 1 amide bonds. The van der Waals surface area contributed by atoms with E-state index in [4.69, 9.17) is 21.4 Å². The number of nitrogens with one attached hydrogen (secondary N) is 1. The van der Waals surface area contributed by atoms with Gasteiger partial charge in [-0.1, -0.05) is 0 Å². The summed E-state index contributed by atoms with van der Waals surface area (Å²) in [5, 5.41) is 21.8. The van der Waals surface area contributed by atoms with Gasteiger partial charge >= 0.3 is 11.5 Å². The molecule has 0 aromatic rings. The van der Waals surface area contributed by atoms with Gasteiger partial charge in [-0.15, -0.1) is 12.4 Å². The molecular weight excluding hydrogens is 435 g/mol. The average molecular weight is 475 g/mol. The van der Waals surface area contributed by atoms with Crippen molar-refractivity contribution >= 4 is 35.5 Å². The molecule has 30 heavy (non-hydrogen) atoms. The minimum absolute atomic E-state index is 0. The predicted molar refractivity (Wildman–Crippen MR) is 120 cm³/mol. The second-order valence-electron chi connectivity index (χ2n) is 7.26. The molecule has 3 N–H and O–H groups in total. The van der Waals surface area contributed by atoms with Gasteiger partial charge in [-0.2, -0.15) is 0 Å². The highest BCUT2D eigenvalue weighted by atomic mass is 35.5. The summed E-state index contributed by atoms with van der Waals surface area (Å²) in [5.41, 5.74) is -0.738. The second-order valence-corrected chi connectivity index (χ2v) is 7.57. The van der Waals surface area contributed by atoms with Crippen LogP contribution in [0.5, 0.6) is 0 Å². The largest absolute Gasteiger partial charge is 0.454 e. The van der Waals surface area contributed by atoms with E-state index in [0.717, 1.165) is 38.8 Å². The number of aliphatic hydroxyl groups excluding tert-OH is 2. The number of rotatable bonds is 4. The van der Waals surface area contributed by atoms with Gasteiger partial charge in [0.15, 0.2) is 0 Å². The smallest absolute Gasteiger partial charge is 0.409 e. The van der Waals surface area contributed by atoms with Gasteiger partial charge in [0.05, 0.1) is 25.4 Å². The highest BCUT2D eigenvalue weighted by molar-refractivity contribution is 6.61. The minimum Gasteiger partial charge on any atom is -0.454 e. The molecule has 2 aliphatic heterocycles. The van der Waals surface area contributed by atoms with Crippen molar-refractivity contribution < 1.29 is 29.3 Å². The zero-order chi connectivity index (χ0) is 22.2. The van der Waals surface area contributed by atoms with Gasteiger partial charge in [0.1, 0.15) is 0 Å². The lowest BCUT2D eigenvalue weighted by Crippen LogP contribution is -2.41. The monoisotopic (exact) mass is 474 g/mol. The summed E-state index contributed by atoms with van der Waals surface area (Å²) in [6, 6.07) is 0. The van der Waals surface area contributed by atoms with E-state index in [1.54, 1.807) is 18.7 Å². The van der Waals surface area contributed by atoms with E-state index in [9.17, 15) is 14.7 Å². The van der Waals surface area contributed by atoms with Gasteiger partial charge in [-0.05, 0) is 78.3 Å². The van der Waals surface area contributed by atoms with Crippen LogP contribution in [0.15, 0.2) is 0 Å². The molecule has 2 saturated heterocycles. The van der Waals surface area contributed by atoms with Crippen LogP contribution in [0.2, 0.25) is 0 Å². The number of hydrogen-bond donors (Lipinski definition) is 3. The Morgan fingerprint density at radius 3 is 1.70 bits per heavy atom. The summed E-state index contributed by atoms with van der Waals surface area (Å²) in [7, 11) is 0. The number of carbonyl (C=O) groups excluding carboxylic acids is 2. The molecule has 2 atom stereocenters. The lowest BCUT2D eigenvalue weighted by molar-refractivity contribution is 0.0570. The van der Waals surface area contributed by atoms with E-state index >= 15 is 0 Å². The van der Waals surface area contributed by atoms with E-state index in [1.165, 1.54) is 0 Å². The molecule has 2 aliphatic rings. The maximum absolute atomic E-state index is 11.3. The van der Waals surface area contributed by atoms with Crippen LogP contribution in [-0.4, -0.2) is 78.2 Å². The first-order valence-electron chi connectivity index (χ1n) is 10.5. The van der Waals surface area contributed by atoms with Gasteiger partial charge in [-0.3, -0.25) is 0 Å². The number of likely N-dealkylation sites (tertiary alicyclic amines) is 1. The summed E-state index contributed by atoms with van der Waals surface area (Å²) in [6.45, 7) is 11.5. The van der Waals surface area contributed by atoms with Crippen molar-refractivity contribution in [2.45, 2.75) is 65.6 Å². The second kappa shape index (κ2) is 18.9. The third-order valence-corrected chi connectivity index (χ3v) is 5.18. The van der Waals surface area contributed by atoms with E-state index in [0.29, 0.717) is 38.1 Å². The third kappa shape index (κ3) is 15.1. The first-order chi connectivity index (χ1) is 13.7. The van der Waals surface area contributed by atoms with Crippen molar-refractivity contribution in [2.24, 2.45) is 11.8 Å². The molecule has 0 radical (unpaired) electrons. The zero-order valence-electron chi connectivity index (χ0n) is 18.6. The minimum atomic E-state index is -0.738. The van der Waals surface area contributed by atoms with Crippen molar-refractivity contribution in [1.29, 1.82) is 0 Å². The molecule has 0 aromatic heterocycles. The highest BCUT2D eigenvalue weighted by Gasteiger charge is 2.25. The van der Waals surface area contributed by atoms with Crippen LogP contribution in [0.1, 0.15) is 53.4 Å². The Hall–Kier alpha value is -0.800. The van der Waals surface area contributed by atoms with Gasteiger partial charge in [-0.25, -0.2) is 9.59 Å². The van der Waals surface area contributed by atoms with Crippen LogP contribution in [0.25, 0.3) is 0 Å². The number of halogens is 2. The van der Waals surface area contributed by atoms with Crippen LogP contribution >= 0.6 is 24.0 Å². The third-order valence-electron chi connectivity index (χ3n) is 5.07. The molecule has 0 aromatic carbocycles. The number of amides is 1. The van der Waals surface area contributed by atoms with Crippen LogP contribution < -0.4 is 5.32 Å². The van der Waals surface area contributed by atoms with Crippen LogP contribution in [0.4, 0.5) is 9.59 Å². The quantitative estimate of drug-likeness (QED) is 0.535. The molecule has 2 unspecified atom stereocenters. The van der Waals surface area contributed by atoms with Crippen LogP contribution in [0.3, 0.4) is 0 Å². The number of hydrogen-bond acceptors (Lipinski definition) is 7. The van der Waals surface area contributed by atoms with Crippen molar-refractivity contribution in [3.05, 3.63) is 0 Å². The zero-order valence-corrected chi connectivity index (χ0v) is 20.2. The molecule has 2 fully saturated rings. The Labute approximate surface area is 192 Å². The van der Waals surface area contributed by atoms with Gasteiger partial charge < -0.3 is 29.9 Å². The van der Waals surface area contributed by atoms with E-state index < -0.39 is 5.43 Å². The predicted octanol–water partition coefficient (Wildman–Crippen LogP) is 3.41.